The molecule has 2 aliphatic heterocycles. The third-order valence-corrected chi connectivity index (χ3v) is 10.0. The molecule has 356 valence electrons. The van der Waals surface area contributed by atoms with Crippen molar-refractivity contribution in [3.05, 3.63) is 277 Å². The smallest absolute Gasteiger partial charge is 0.258 e. The lowest BCUT2D eigenvalue weighted by Crippen LogP contribution is -2.42. The van der Waals surface area contributed by atoms with Crippen LogP contribution < -0.4 is 9.80 Å². The zero-order valence-electron chi connectivity index (χ0n) is 42.5. The SMILES string of the molecule is C=C=C=C=C=C=C=C=C=C=C=C=C=C=C=C=C=C=C=C=C=C=C=C=C=C=C=C=C=C=C=C=C=C=C=CN(C(=O)CC)C1CC(=O)N(c2c(C)cc(Cc3cc(C)c(N4C(=O)C=CC4=O)c(C(C)C)c3)cc2C(C)C)C1=O. The lowest BCUT2D eigenvalue weighted by Gasteiger charge is -2.26. The summed E-state index contributed by atoms with van der Waals surface area (Å²) in [5.41, 5.74) is 91.5. The van der Waals surface area contributed by atoms with Crippen LogP contribution in [0.5, 0.6) is 0 Å². The highest BCUT2D eigenvalue weighted by atomic mass is 16.2. The quantitative estimate of drug-likeness (QED) is 0.184. The maximum Gasteiger partial charge on any atom is 0.258 e. The van der Waals surface area contributed by atoms with Crippen LogP contribution in [0.4, 0.5) is 11.4 Å². The topological polar surface area (TPSA) is 95.1 Å². The molecule has 76 heavy (non-hydrogen) atoms. The van der Waals surface area contributed by atoms with E-state index in [2.05, 4.69) is 201 Å². The first-order chi connectivity index (χ1) is 36.8. The Morgan fingerprint density at radius 1 is 0.539 bits per heavy atom. The van der Waals surface area contributed by atoms with Gasteiger partial charge in [0.05, 0.1) is 24.0 Å². The Kier molecular flexibility index (Phi) is 23.0. The summed E-state index contributed by atoms with van der Waals surface area (Å²) in [6.45, 7) is 16.7. The first-order valence-electron chi connectivity index (χ1n) is 22.9. The summed E-state index contributed by atoms with van der Waals surface area (Å²) < 4.78 is 0. The average Bonchev–Trinajstić information content (AvgIpc) is 3.90. The lowest BCUT2D eigenvalue weighted by atomic mass is 9.89. The number of aryl methyl sites for hydroxylation is 2. The molecule has 0 aliphatic carbocycles. The fraction of sp³-hybridized carbons (Fsp3) is 0.191. The molecule has 1 atom stereocenters. The molecule has 2 aromatic carbocycles. The van der Waals surface area contributed by atoms with Crippen molar-refractivity contribution >= 4 is 40.9 Å². The van der Waals surface area contributed by atoms with E-state index in [1.807, 2.05) is 65.8 Å². The van der Waals surface area contributed by atoms with E-state index in [0.717, 1.165) is 33.4 Å². The Balaban J connectivity index is 1.55. The van der Waals surface area contributed by atoms with Gasteiger partial charge in [0, 0.05) is 110 Å². The molecule has 0 N–H and O–H groups in total. The van der Waals surface area contributed by atoms with E-state index in [0.29, 0.717) is 17.8 Å². The van der Waals surface area contributed by atoms with E-state index < -0.39 is 23.8 Å². The summed E-state index contributed by atoms with van der Waals surface area (Å²) in [4.78, 5) is 69.9. The Morgan fingerprint density at radius 2 is 0.868 bits per heavy atom. The van der Waals surface area contributed by atoms with Gasteiger partial charge in [-0.3, -0.25) is 28.9 Å². The predicted octanol–water partition coefficient (Wildman–Crippen LogP) is 10.9. The van der Waals surface area contributed by atoms with Crippen molar-refractivity contribution < 1.29 is 24.0 Å². The molecule has 0 aromatic heterocycles. The Hall–Kier alpha value is -11.8. The van der Waals surface area contributed by atoms with Gasteiger partial charge < -0.3 is 0 Å². The van der Waals surface area contributed by atoms with Gasteiger partial charge in [0.15, 0.2) is 0 Å². The van der Waals surface area contributed by atoms with Gasteiger partial charge in [0.1, 0.15) is 6.04 Å². The van der Waals surface area contributed by atoms with Crippen molar-refractivity contribution in [2.45, 2.75) is 85.6 Å². The number of rotatable bonds is 9. The minimum Gasteiger partial charge on any atom is -0.298 e. The van der Waals surface area contributed by atoms with Crippen LogP contribution in [0.15, 0.2) is 244 Å². The second kappa shape index (κ2) is 30.7. The number of imide groups is 2. The van der Waals surface area contributed by atoms with E-state index in [1.165, 1.54) is 33.1 Å². The van der Waals surface area contributed by atoms with E-state index in [4.69, 9.17) is 0 Å². The summed E-state index contributed by atoms with van der Waals surface area (Å²) in [6, 6.07) is 6.88. The third kappa shape index (κ3) is 17.5. The molecule has 2 aliphatic rings. The number of carbonyl (C=O) groups is 5. The molecular weight excluding hydrogens is 939 g/mol. The van der Waals surface area contributed by atoms with E-state index in [9.17, 15) is 24.0 Å². The molecule has 0 radical (unpaired) electrons. The number of carbonyl (C=O) groups excluding carboxylic acids is 5. The maximum absolute atomic E-state index is 14.2. The predicted molar refractivity (Wildman–Crippen MR) is 283 cm³/mol. The highest BCUT2D eigenvalue weighted by Gasteiger charge is 2.45. The maximum atomic E-state index is 14.2. The van der Waals surface area contributed by atoms with Gasteiger partial charge in [-0.25, -0.2) is 9.80 Å². The highest BCUT2D eigenvalue weighted by Crippen LogP contribution is 2.38. The molecule has 2 heterocycles. The lowest BCUT2D eigenvalue weighted by molar-refractivity contribution is -0.135. The molecule has 1 unspecified atom stereocenters. The minimum atomic E-state index is -1.10. The first kappa shape index (κ1) is 56.8. The molecule has 2 aromatic rings. The van der Waals surface area contributed by atoms with E-state index in [1.54, 1.807) is 6.92 Å². The normalized spacial score (nSPS) is 11.1. The van der Waals surface area contributed by atoms with E-state index in [-0.39, 0.29) is 36.5 Å². The van der Waals surface area contributed by atoms with Crippen molar-refractivity contribution in [2.75, 3.05) is 9.80 Å². The Labute approximate surface area is 440 Å². The van der Waals surface area contributed by atoms with Crippen molar-refractivity contribution in [2.24, 2.45) is 0 Å². The zero-order chi connectivity index (χ0) is 55.1. The molecule has 8 heteroatoms. The van der Waals surface area contributed by atoms with Gasteiger partial charge >= 0.3 is 0 Å². The van der Waals surface area contributed by atoms with Crippen LogP contribution in [0.25, 0.3) is 0 Å². The fourth-order valence-electron chi connectivity index (χ4n) is 7.03. The summed E-state index contributed by atoms with van der Waals surface area (Å²) in [6.07, 6.45) is 4.20. The van der Waals surface area contributed by atoms with Gasteiger partial charge in [-0.05, 0) is 169 Å². The number of hydrogen-bond donors (Lipinski definition) is 0. The summed E-state index contributed by atoms with van der Waals surface area (Å²) in [7, 11) is 0. The summed E-state index contributed by atoms with van der Waals surface area (Å²) in [5.74, 6) is -2.15. The molecule has 5 amide bonds. The first-order valence-corrected chi connectivity index (χ1v) is 22.9. The van der Waals surface area contributed by atoms with Crippen molar-refractivity contribution in [3.8, 4) is 0 Å². The molecule has 1 fully saturated rings. The second-order valence-electron chi connectivity index (χ2n) is 15.9. The van der Waals surface area contributed by atoms with Gasteiger partial charge in [0.25, 0.3) is 17.7 Å². The molecule has 4 rings (SSSR count). The Morgan fingerprint density at radius 3 is 1.20 bits per heavy atom. The van der Waals surface area contributed by atoms with Crippen molar-refractivity contribution in [3.63, 3.8) is 0 Å². The number of anilines is 2. The van der Waals surface area contributed by atoms with Crippen LogP contribution in [-0.2, 0) is 30.4 Å². The second-order valence-corrected chi connectivity index (χ2v) is 15.9. The van der Waals surface area contributed by atoms with Crippen LogP contribution in [-0.4, -0.2) is 40.5 Å². The molecule has 1 saturated heterocycles. The number of nitrogens with zero attached hydrogens (tertiary/aromatic N) is 3. The highest BCUT2D eigenvalue weighted by molar-refractivity contribution is 6.28. The van der Waals surface area contributed by atoms with Crippen LogP contribution >= 0.6 is 0 Å². The standard InChI is InChI=1S/C68H39N3O5/c1-9-11-12-13-14-15-16-17-18-19-20-21-22-23-24-25-26-27-28-29-30-31-32-33-34-35-36-37-38-39-40-41-42-43-46-69(62(72)10-2)61-52-65(75)71(68(61)76)67-56(8)48-58(51-60(67)54(5)6)49-57-47-55(7)66(59(50-57)53(3)4)70-63(73)44-45-64(70)74/h44-48,50-51,53-54,61H,1,10,49,52H2,2-8H3. The van der Waals surface area contributed by atoms with Crippen LogP contribution in [0.2, 0.25) is 0 Å². The summed E-state index contributed by atoms with van der Waals surface area (Å²) in [5, 5.41) is 0. The molecule has 8 nitrogen and oxygen atoms in total. The van der Waals surface area contributed by atoms with Crippen LogP contribution in [0.1, 0.15) is 92.7 Å². The third-order valence-electron chi connectivity index (χ3n) is 10.0. The molecule has 0 spiro atoms. The number of benzene rings is 2. The van der Waals surface area contributed by atoms with Gasteiger partial charge in [-0.15, -0.1) is 0 Å². The zero-order valence-corrected chi connectivity index (χ0v) is 42.5. The minimum absolute atomic E-state index is 0.0245. The molecule has 0 bridgehead atoms. The van der Waals surface area contributed by atoms with Crippen molar-refractivity contribution in [1.82, 2.24) is 4.90 Å². The van der Waals surface area contributed by atoms with Crippen LogP contribution in [0, 0.1) is 13.8 Å². The van der Waals surface area contributed by atoms with Gasteiger partial charge in [-0.1, -0.05) is 64.6 Å². The largest absolute Gasteiger partial charge is 0.298 e. The fourth-order valence-corrected chi connectivity index (χ4v) is 7.03. The Bertz CT molecular complexity index is 4320. The molecule has 0 saturated carbocycles. The monoisotopic (exact) mass is 977 g/mol. The summed E-state index contributed by atoms with van der Waals surface area (Å²) >= 11 is 0. The number of hydrogen-bond acceptors (Lipinski definition) is 5. The average molecular weight is 978 g/mol. The van der Waals surface area contributed by atoms with Gasteiger partial charge in [-0.2, -0.15) is 0 Å². The number of amides is 5. The van der Waals surface area contributed by atoms with E-state index >= 15 is 0 Å². The van der Waals surface area contributed by atoms with Gasteiger partial charge in [0.2, 0.25) is 11.8 Å². The molecular formula is C68H39N3O5. The van der Waals surface area contributed by atoms with Crippen molar-refractivity contribution in [1.29, 1.82) is 0 Å². The van der Waals surface area contributed by atoms with Crippen LogP contribution in [0.3, 0.4) is 0 Å².